The highest BCUT2D eigenvalue weighted by Gasteiger charge is 2.42. The highest BCUT2D eigenvalue weighted by Crippen LogP contribution is 2.13. The van der Waals surface area contributed by atoms with Crippen LogP contribution in [0.4, 0.5) is 0 Å². The van der Waals surface area contributed by atoms with Crippen molar-refractivity contribution in [1.82, 2.24) is 10.2 Å². The van der Waals surface area contributed by atoms with Gasteiger partial charge in [0, 0.05) is 32.2 Å². The van der Waals surface area contributed by atoms with Crippen molar-refractivity contribution < 1.29 is 18.1 Å². The molecule has 0 atom stereocenters. The predicted octanol–water partition coefficient (Wildman–Crippen LogP) is 0.477. The van der Waals surface area contributed by atoms with Gasteiger partial charge in [0.15, 0.2) is 0 Å². The molecule has 1 heterocycles. The molecule has 1 aliphatic heterocycles. The number of hydrogen-bond acceptors (Lipinski definition) is 5. The zero-order valence-corrected chi connectivity index (χ0v) is 12.3. The number of nitrogens with one attached hydrogen (secondary N) is 1. The van der Waals surface area contributed by atoms with Gasteiger partial charge < -0.3 is 23.5 Å². The SMILES string of the molecule is CCO[Si](CN1C=CNC(=O)C1)(OCC)OCC. The first-order valence-electron chi connectivity index (χ1n) is 6.27. The topological polar surface area (TPSA) is 60.0 Å². The summed E-state index contributed by atoms with van der Waals surface area (Å²) in [5.74, 6) is -0.0371. The molecule has 1 N–H and O–H groups in total. The second-order valence-corrected chi connectivity index (χ2v) is 6.32. The smallest absolute Gasteiger partial charge is 0.373 e. The Labute approximate surface area is 109 Å². The maximum absolute atomic E-state index is 11.3. The summed E-state index contributed by atoms with van der Waals surface area (Å²) in [7, 11) is -2.72. The van der Waals surface area contributed by atoms with Crippen molar-refractivity contribution >= 4 is 14.7 Å². The Morgan fingerprint density at radius 3 is 2.22 bits per heavy atom. The average molecular weight is 274 g/mol. The van der Waals surface area contributed by atoms with Crippen LogP contribution in [0.3, 0.4) is 0 Å². The van der Waals surface area contributed by atoms with Gasteiger partial charge in [0.25, 0.3) is 0 Å². The summed E-state index contributed by atoms with van der Waals surface area (Å²) in [5, 5.41) is 2.63. The van der Waals surface area contributed by atoms with Crippen molar-refractivity contribution in [3.63, 3.8) is 0 Å². The van der Waals surface area contributed by atoms with Gasteiger partial charge in [-0.25, -0.2) is 0 Å². The van der Waals surface area contributed by atoms with E-state index in [-0.39, 0.29) is 5.91 Å². The Kier molecular flexibility index (Phi) is 6.34. The minimum absolute atomic E-state index is 0.0371. The molecule has 0 fully saturated rings. The molecule has 1 aliphatic rings. The number of nitrogens with zero attached hydrogens (tertiary/aromatic N) is 1. The third-order valence-corrected chi connectivity index (χ3v) is 5.34. The van der Waals surface area contributed by atoms with Crippen LogP contribution in [0, 0.1) is 0 Å². The number of rotatable bonds is 8. The van der Waals surface area contributed by atoms with Crippen LogP contribution in [0.1, 0.15) is 20.8 Å². The van der Waals surface area contributed by atoms with Gasteiger partial charge in [-0.15, -0.1) is 0 Å². The van der Waals surface area contributed by atoms with Crippen molar-refractivity contribution in [1.29, 1.82) is 0 Å². The fourth-order valence-corrected chi connectivity index (χ4v) is 4.36. The van der Waals surface area contributed by atoms with Gasteiger partial charge in [0.2, 0.25) is 5.91 Å². The minimum atomic E-state index is -2.72. The summed E-state index contributed by atoms with van der Waals surface area (Å²) in [6.07, 6.45) is 3.93. The maximum atomic E-state index is 11.3. The van der Waals surface area contributed by atoms with Crippen molar-refractivity contribution in [3.8, 4) is 0 Å². The van der Waals surface area contributed by atoms with Crippen LogP contribution < -0.4 is 5.32 Å². The molecular weight excluding hydrogens is 252 g/mol. The molecule has 0 bridgehead atoms. The van der Waals surface area contributed by atoms with E-state index in [9.17, 15) is 4.79 Å². The third kappa shape index (κ3) is 4.41. The van der Waals surface area contributed by atoms with Crippen LogP contribution in [0.15, 0.2) is 12.4 Å². The van der Waals surface area contributed by atoms with Crippen molar-refractivity contribution in [3.05, 3.63) is 12.4 Å². The number of hydrogen-bond donors (Lipinski definition) is 1. The molecule has 6 nitrogen and oxygen atoms in total. The molecular formula is C11H22N2O4Si. The molecule has 1 rings (SSSR count). The molecule has 0 radical (unpaired) electrons. The first kappa shape index (κ1) is 15.2. The summed E-state index contributed by atoms with van der Waals surface area (Å²) in [6.45, 7) is 7.66. The quantitative estimate of drug-likeness (QED) is 0.652. The Morgan fingerprint density at radius 1 is 1.22 bits per heavy atom. The number of amides is 1. The highest BCUT2D eigenvalue weighted by atomic mass is 28.4. The van der Waals surface area contributed by atoms with Gasteiger partial charge in [0.05, 0.1) is 12.7 Å². The van der Waals surface area contributed by atoms with E-state index in [2.05, 4.69) is 5.32 Å². The van der Waals surface area contributed by atoms with E-state index in [0.29, 0.717) is 32.5 Å². The van der Waals surface area contributed by atoms with Crippen LogP contribution in [-0.2, 0) is 18.1 Å². The Hall–Kier alpha value is -0.893. The lowest BCUT2D eigenvalue weighted by molar-refractivity contribution is -0.121. The van der Waals surface area contributed by atoms with E-state index in [1.165, 1.54) is 0 Å². The molecule has 0 saturated carbocycles. The number of carbonyl (C=O) groups is 1. The van der Waals surface area contributed by atoms with Crippen molar-refractivity contribution in [2.45, 2.75) is 20.8 Å². The normalized spacial score (nSPS) is 15.9. The van der Waals surface area contributed by atoms with E-state index < -0.39 is 8.80 Å². The van der Waals surface area contributed by atoms with Gasteiger partial charge in [-0.1, -0.05) is 0 Å². The molecule has 1 amide bonds. The summed E-state index contributed by atoms with van der Waals surface area (Å²) in [5.41, 5.74) is 0. The van der Waals surface area contributed by atoms with E-state index in [1.807, 2.05) is 31.9 Å². The van der Waals surface area contributed by atoms with Gasteiger partial charge in [0.1, 0.15) is 0 Å². The predicted molar refractivity (Wildman–Crippen MR) is 69.5 cm³/mol. The first-order chi connectivity index (χ1) is 8.65. The van der Waals surface area contributed by atoms with Crippen molar-refractivity contribution in [2.24, 2.45) is 0 Å². The average Bonchev–Trinajstić information content (AvgIpc) is 2.30. The first-order valence-corrected chi connectivity index (χ1v) is 8.21. The van der Waals surface area contributed by atoms with Crippen LogP contribution in [-0.4, -0.2) is 52.1 Å². The van der Waals surface area contributed by atoms with Gasteiger partial charge in [-0.2, -0.15) is 0 Å². The minimum Gasteiger partial charge on any atom is -0.373 e. The van der Waals surface area contributed by atoms with E-state index >= 15 is 0 Å². The molecule has 0 aliphatic carbocycles. The molecule has 0 aromatic heterocycles. The Bertz CT molecular complexity index is 282. The monoisotopic (exact) mass is 274 g/mol. The lowest BCUT2D eigenvalue weighted by Gasteiger charge is -2.33. The zero-order chi connectivity index (χ0) is 13.4. The van der Waals surface area contributed by atoms with Crippen LogP contribution in [0.5, 0.6) is 0 Å². The maximum Gasteiger partial charge on any atom is 0.521 e. The number of carbonyl (C=O) groups excluding carboxylic acids is 1. The Balaban J connectivity index is 2.71. The second kappa shape index (κ2) is 7.52. The zero-order valence-electron chi connectivity index (χ0n) is 11.3. The second-order valence-electron chi connectivity index (χ2n) is 3.77. The Morgan fingerprint density at radius 2 is 1.78 bits per heavy atom. The van der Waals surface area contributed by atoms with Gasteiger partial charge >= 0.3 is 8.80 Å². The summed E-state index contributed by atoms with van der Waals surface area (Å²) >= 11 is 0. The molecule has 0 spiro atoms. The third-order valence-electron chi connectivity index (χ3n) is 2.37. The fraction of sp³-hybridized carbons (Fsp3) is 0.727. The largest absolute Gasteiger partial charge is 0.521 e. The molecule has 18 heavy (non-hydrogen) atoms. The van der Waals surface area contributed by atoms with Crippen LogP contribution in [0.2, 0.25) is 0 Å². The standard InChI is InChI=1S/C11H22N2O4Si/c1-4-15-18(16-5-2,17-6-3)10-13-8-7-12-11(14)9-13/h7-8H,4-6,9-10H2,1-3H3,(H,12,14). The summed E-state index contributed by atoms with van der Waals surface area (Å²) in [6, 6.07) is 0. The van der Waals surface area contributed by atoms with Gasteiger partial charge in [-0.3, -0.25) is 4.79 Å². The summed E-state index contributed by atoms with van der Waals surface area (Å²) in [4.78, 5) is 13.2. The van der Waals surface area contributed by atoms with Crippen LogP contribution >= 0.6 is 0 Å². The molecule has 104 valence electrons. The van der Waals surface area contributed by atoms with E-state index in [1.54, 1.807) is 6.20 Å². The molecule has 0 aromatic rings. The lowest BCUT2D eigenvalue weighted by atomic mass is 10.5. The van der Waals surface area contributed by atoms with Crippen molar-refractivity contribution in [2.75, 3.05) is 32.5 Å². The summed E-state index contributed by atoms with van der Waals surface area (Å²) < 4.78 is 17.2. The molecule has 0 aromatic carbocycles. The molecule has 7 heteroatoms. The molecule has 0 saturated heterocycles. The lowest BCUT2D eigenvalue weighted by Crippen LogP contribution is -2.56. The fourth-order valence-electron chi connectivity index (χ4n) is 1.80. The molecule has 0 unspecified atom stereocenters. The van der Waals surface area contributed by atoms with E-state index in [0.717, 1.165) is 0 Å². The van der Waals surface area contributed by atoms with E-state index in [4.69, 9.17) is 13.3 Å². The van der Waals surface area contributed by atoms with Crippen LogP contribution in [0.25, 0.3) is 0 Å². The van der Waals surface area contributed by atoms with Gasteiger partial charge in [-0.05, 0) is 20.8 Å². The highest BCUT2D eigenvalue weighted by molar-refractivity contribution is 6.61.